The third-order valence-corrected chi connectivity index (χ3v) is 3.69. The molecule has 0 aliphatic rings. The van der Waals surface area contributed by atoms with Crippen molar-refractivity contribution in [3.8, 4) is 11.5 Å². The van der Waals surface area contributed by atoms with Gasteiger partial charge < -0.3 is 19.3 Å². The van der Waals surface area contributed by atoms with Crippen LogP contribution in [0.3, 0.4) is 0 Å². The first kappa shape index (κ1) is 15.1. The van der Waals surface area contributed by atoms with E-state index in [0.717, 1.165) is 10.6 Å². The number of hydrogen-bond acceptors (Lipinski definition) is 5. The minimum atomic E-state index is 0.184. The molecule has 0 saturated carbocycles. The van der Waals surface area contributed by atoms with Gasteiger partial charge >= 0.3 is 0 Å². The molecular weight excluding hydrogens is 252 g/mol. The van der Waals surface area contributed by atoms with Crippen LogP contribution in [0.25, 0.3) is 0 Å². The Labute approximate surface area is 112 Å². The van der Waals surface area contributed by atoms with Crippen LogP contribution >= 0.6 is 11.8 Å². The Hall–Kier alpha value is -0.910. The van der Waals surface area contributed by atoms with Gasteiger partial charge in [0.1, 0.15) is 0 Å². The monoisotopic (exact) mass is 272 g/mol. The lowest BCUT2D eigenvalue weighted by atomic mass is 10.2. The molecule has 0 unspecified atom stereocenters. The summed E-state index contributed by atoms with van der Waals surface area (Å²) in [6, 6.07) is 5.75. The molecule has 1 N–H and O–H groups in total. The molecule has 5 heteroatoms. The zero-order chi connectivity index (χ0) is 13.4. The normalized spacial score (nSPS) is 12.2. The fourth-order valence-electron chi connectivity index (χ4n) is 1.31. The van der Waals surface area contributed by atoms with Gasteiger partial charge in [0.05, 0.1) is 12.0 Å². The quantitative estimate of drug-likeness (QED) is 0.581. The third kappa shape index (κ3) is 4.40. The molecule has 0 amide bonds. The van der Waals surface area contributed by atoms with Crippen LogP contribution in [0.15, 0.2) is 23.1 Å². The van der Waals surface area contributed by atoms with E-state index in [4.69, 9.17) is 19.3 Å². The minimum Gasteiger partial charge on any atom is -0.493 e. The number of ether oxygens (including phenoxy) is 3. The van der Waals surface area contributed by atoms with Crippen molar-refractivity contribution in [2.24, 2.45) is 5.92 Å². The van der Waals surface area contributed by atoms with Crippen LogP contribution in [0.4, 0.5) is 0 Å². The molecule has 0 aliphatic carbocycles. The second-order valence-electron chi connectivity index (χ2n) is 3.94. The van der Waals surface area contributed by atoms with Crippen molar-refractivity contribution < 1.29 is 19.3 Å². The summed E-state index contributed by atoms with van der Waals surface area (Å²) in [6.45, 7) is 2.37. The second kappa shape index (κ2) is 8.24. The smallest absolute Gasteiger partial charge is 0.188 e. The summed E-state index contributed by atoms with van der Waals surface area (Å²) in [5.74, 6) is 2.45. The number of rotatable bonds is 8. The lowest BCUT2D eigenvalue weighted by Gasteiger charge is -2.15. The molecule has 18 heavy (non-hydrogen) atoms. The van der Waals surface area contributed by atoms with E-state index in [1.165, 1.54) is 0 Å². The Balaban J connectivity index is 2.80. The van der Waals surface area contributed by atoms with Gasteiger partial charge in [-0.15, -0.1) is 11.8 Å². The van der Waals surface area contributed by atoms with Crippen LogP contribution in [0, 0.1) is 5.92 Å². The molecule has 1 aromatic carbocycles. The summed E-state index contributed by atoms with van der Waals surface area (Å²) in [4.78, 5) is 0.992. The van der Waals surface area contributed by atoms with Gasteiger partial charge in [-0.3, -0.25) is 0 Å². The molecule has 0 bridgehead atoms. The van der Waals surface area contributed by atoms with Gasteiger partial charge in [-0.1, -0.05) is 13.0 Å². The largest absolute Gasteiger partial charge is 0.493 e. The molecule has 0 saturated heterocycles. The van der Waals surface area contributed by atoms with Crippen molar-refractivity contribution >= 4 is 11.8 Å². The summed E-state index contributed by atoms with van der Waals surface area (Å²) in [6.07, 6.45) is 0. The highest BCUT2D eigenvalue weighted by Crippen LogP contribution is 2.38. The topological polar surface area (TPSA) is 47.9 Å². The standard InChI is InChI=1S/C13H20O4S/c1-10(7-14)8-18-12-6-4-5-11(16-3)13(12)17-9-15-2/h4-6,10,14H,7-9H2,1-3H3/t10-/m0/s1. The summed E-state index contributed by atoms with van der Waals surface area (Å²) in [5.41, 5.74) is 0. The van der Waals surface area contributed by atoms with Crippen LogP contribution < -0.4 is 9.47 Å². The molecule has 4 nitrogen and oxygen atoms in total. The predicted octanol–water partition coefficient (Wildman–Crippen LogP) is 2.40. The fraction of sp³-hybridized carbons (Fsp3) is 0.538. The predicted molar refractivity (Wildman–Crippen MR) is 72.5 cm³/mol. The SMILES string of the molecule is COCOc1c(OC)cccc1SC[C@@H](C)CO. The van der Waals surface area contributed by atoms with E-state index < -0.39 is 0 Å². The van der Waals surface area contributed by atoms with E-state index in [1.54, 1.807) is 26.0 Å². The Morgan fingerprint density at radius 3 is 2.72 bits per heavy atom. The van der Waals surface area contributed by atoms with Crippen molar-refractivity contribution in [2.75, 3.05) is 33.4 Å². The van der Waals surface area contributed by atoms with Crippen LogP contribution in [-0.2, 0) is 4.74 Å². The number of benzene rings is 1. The highest BCUT2D eigenvalue weighted by molar-refractivity contribution is 7.99. The number of hydrogen-bond donors (Lipinski definition) is 1. The molecular formula is C13H20O4S. The maximum absolute atomic E-state index is 9.04. The Morgan fingerprint density at radius 1 is 1.33 bits per heavy atom. The molecule has 0 fully saturated rings. The summed E-state index contributed by atoms with van der Waals surface area (Å²) in [7, 11) is 3.19. The lowest BCUT2D eigenvalue weighted by Crippen LogP contribution is -2.05. The van der Waals surface area contributed by atoms with E-state index in [0.29, 0.717) is 11.5 Å². The number of thioether (sulfide) groups is 1. The van der Waals surface area contributed by atoms with Crippen LogP contribution in [0.2, 0.25) is 0 Å². The van der Waals surface area contributed by atoms with E-state index in [-0.39, 0.29) is 19.3 Å². The molecule has 1 aromatic rings. The van der Waals surface area contributed by atoms with Crippen LogP contribution in [0.5, 0.6) is 11.5 Å². The zero-order valence-corrected chi connectivity index (χ0v) is 11.8. The minimum absolute atomic E-state index is 0.184. The van der Waals surface area contributed by atoms with Crippen LogP contribution in [-0.4, -0.2) is 38.5 Å². The van der Waals surface area contributed by atoms with Crippen molar-refractivity contribution in [1.29, 1.82) is 0 Å². The Bertz CT molecular complexity index is 357. The van der Waals surface area contributed by atoms with Crippen molar-refractivity contribution in [3.05, 3.63) is 18.2 Å². The average molecular weight is 272 g/mol. The molecule has 0 aromatic heterocycles. The van der Waals surface area contributed by atoms with Crippen LogP contribution in [0.1, 0.15) is 6.92 Å². The molecule has 0 aliphatic heterocycles. The zero-order valence-electron chi connectivity index (χ0n) is 11.0. The third-order valence-electron chi connectivity index (χ3n) is 2.32. The maximum Gasteiger partial charge on any atom is 0.188 e. The van der Waals surface area contributed by atoms with Gasteiger partial charge in [0, 0.05) is 19.5 Å². The number of aliphatic hydroxyl groups is 1. The average Bonchev–Trinajstić information content (AvgIpc) is 2.42. The van der Waals surface area contributed by atoms with Gasteiger partial charge in [0.15, 0.2) is 18.3 Å². The van der Waals surface area contributed by atoms with Crippen molar-refractivity contribution in [3.63, 3.8) is 0 Å². The second-order valence-corrected chi connectivity index (χ2v) is 5.00. The van der Waals surface area contributed by atoms with Gasteiger partial charge in [0.25, 0.3) is 0 Å². The summed E-state index contributed by atoms with van der Waals surface area (Å²) < 4.78 is 15.7. The number of para-hydroxylation sites is 1. The molecule has 0 heterocycles. The molecule has 1 rings (SSSR count). The van der Waals surface area contributed by atoms with E-state index in [1.807, 2.05) is 25.1 Å². The van der Waals surface area contributed by atoms with E-state index in [2.05, 4.69) is 0 Å². The van der Waals surface area contributed by atoms with E-state index in [9.17, 15) is 0 Å². The first-order valence-electron chi connectivity index (χ1n) is 5.75. The van der Waals surface area contributed by atoms with Gasteiger partial charge in [-0.05, 0) is 18.1 Å². The van der Waals surface area contributed by atoms with E-state index >= 15 is 0 Å². The highest BCUT2D eigenvalue weighted by atomic mass is 32.2. The first-order chi connectivity index (χ1) is 8.72. The molecule has 102 valence electrons. The van der Waals surface area contributed by atoms with Crippen molar-refractivity contribution in [2.45, 2.75) is 11.8 Å². The Morgan fingerprint density at radius 2 is 2.11 bits per heavy atom. The highest BCUT2D eigenvalue weighted by Gasteiger charge is 2.12. The lowest BCUT2D eigenvalue weighted by molar-refractivity contribution is 0.0471. The Kier molecular flexibility index (Phi) is 6.93. The van der Waals surface area contributed by atoms with Gasteiger partial charge in [-0.25, -0.2) is 0 Å². The molecule has 0 radical (unpaired) electrons. The van der Waals surface area contributed by atoms with Gasteiger partial charge in [-0.2, -0.15) is 0 Å². The summed E-state index contributed by atoms with van der Waals surface area (Å²) in [5, 5.41) is 9.04. The maximum atomic E-state index is 9.04. The first-order valence-corrected chi connectivity index (χ1v) is 6.73. The summed E-state index contributed by atoms with van der Waals surface area (Å²) >= 11 is 1.64. The molecule has 0 spiro atoms. The fourth-order valence-corrected chi connectivity index (χ4v) is 2.35. The van der Waals surface area contributed by atoms with Gasteiger partial charge in [0.2, 0.25) is 0 Å². The van der Waals surface area contributed by atoms with Crippen molar-refractivity contribution in [1.82, 2.24) is 0 Å². The number of methoxy groups -OCH3 is 2. The molecule has 1 atom stereocenters. The number of aliphatic hydroxyl groups excluding tert-OH is 1.